The number of nitrogens with one attached hydrogen (secondary N) is 1. The lowest BCUT2D eigenvalue weighted by molar-refractivity contribution is 0.616. The molecule has 0 fully saturated rings. The number of halogens is 2. The predicted molar refractivity (Wildman–Crippen MR) is 69.6 cm³/mol. The minimum Gasteiger partial charge on any atom is -0.380 e. The van der Waals surface area contributed by atoms with Crippen LogP contribution in [0.5, 0.6) is 0 Å². The molecule has 2 aromatic rings. The molecule has 0 saturated carbocycles. The van der Waals surface area contributed by atoms with E-state index >= 15 is 0 Å². The zero-order chi connectivity index (χ0) is 13.8. The van der Waals surface area contributed by atoms with Gasteiger partial charge >= 0.3 is 0 Å². The molecule has 0 aliphatic heterocycles. The monoisotopic (exact) mass is 258 g/mol. The Morgan fingerprint density at radius 1 is 1.16 bits per heavy atom. The van der Waals surface area contributed by atoms with Crippen molar-refractivity contribution in [3.63, 3.8) is 0 Å². The van der Waals surface area contributed by atoms with Gasteiger partial charge in [-0.05, 0) is 42.3 Å². The van der Waals surface area contributed by atoms with Crippen molar-refractivity contribution in [2.24, 2.45) is 0 Å². The summed E-state index contributed by atoms with van der Waals surface area (Å²) in [6, 6.07) is 10.8. The molecule has 0 amide bonds. The maximum atomic E-state index is 13.4. The summed E-state index contributed by atoms with van der Waals surface area (Å²) >= 11 is 0. The molecule has 0 radical (unpaired) electrons. The second kappa shape index (κ2) is 5.49. The summed E-state index contributed by atoms with van der Waals surface area (Å²) in [5.41, 5.74) is 2.11. The van der Waals surface area contributed by atoms with Crippen LogP contribution in [0.4, 0.5) is 14.5 Å². The predicted octanol–water partition coefficient (Wildman–Crippen LogP) is 3.76. The Labute approximate surface area is 110 Å². The standard InChI is InChI=1S/C15H12F2N2/c1-10-2-3-11(6-14(10)17)9-19-15-5-4-13(16)7-12(15)8-18/h2-7,19H,9H2,1H3. The molecule has 0 aliphatic carbocycles. The largest absolute Gasteiger partial charge is 0.380 e. The number of aryl methyl sites for hydroxylation is 1. The van der Waals surface area contributed by atoms with Gasteiger partial charge in [0.15, 0.2) is 0 Å². The first-order valence-corrected chi connectivity index (χ1v) is 5.78. The first kappa shape index (κ1) is 13.0. The van der Waals surface area contributed by atoms with Crippen LogP contribution in [0.25, 0.3) is 0 Å². The van der Waals surface area contributed by atoms with Gasteiger partial charge in [-0.25, -0.2) is 8.78 Å². The van der Waals surface area contributed by atoms with Gasteiger partial charge in [0.25, 0.3) is 0 Å². The van der Waals surface area contributed by atoms with Crippen molar-refractivity contribution in [3.8, 4) is 6.07 Å². The Balaban J connectivity index is 2.14. The van der Waals surface area contributed by atoms with Crippen molar-refractivity contribution < 1.29 is 8.78 Å². The molecule has 0 spiro atoms. The number of benzene rings is 2. The van der Waals surface area contributed by atoms with Crippen LogP contribution >= 0.6 is 0 Å². The average Bonchev–Trinajstić information content (AvgIpc) is 2.41. The number of nitriles is 1. The van der Waals surface area contributed by atoms with Gasteiger partial charge in [0.1, 0.15) is 17.7 Å². The van der Waals surface area contributed by atoms with Crippen LogP contribution in [0, 0.1) is 29.9 Å². The molecule has 4 heteroatoms. The molecule has 0 unspecified atom stereocenters. The van der Waals surface area contributed by atoms with Crippen molar-refractivity contribution in [1.29, 1.82) is 5.26 Å². The molecular formula is C15H12F2N2. The molecule has 0 bridgehead atoms. The highest BCUT2D eigenvalue weighted by atomic mass is 19.1. The second-order valence-electron chi connectivity index (χ2n) is 4.24. The average molecular weight is 258 g/mol. The van der Waals surface area contributed by atoms with Gasteiger partial charge in [-0.15, -0.1) is 0 Å². The normalized spacial score (nSPS) is 10.0. The fourth-order valence-corrected chi connectivity index (χ4v) is 1.71. The third-order valence-electron chi connectivity index (χ3n) is 2.82. The second-order valence-corrected chi connectivity index (χ2v) is 4.24. The molecule has 2 aromatic carbocycles. The lowest BCUT2D eigenvalue weighted by Gasteiger charge is -2.09. The van der Waals surface area contributed by atoms with Crippen molar-refractivity contribution in [2.75, 3.05) is 5.32 Å². The fourth-order valence-electron chi connectivity index (χ4n) is 1.71. The van der Waals surface area contributed by atoms with Gasteiger partial charge < -0.3 is 5.32 Å². The van der Waals surface area contributed by atoms with Crippen LogP contribution in [0.2, 0.25) is 0 Å². The highest BCUT2D eigenvalue weighted by Gasteiger charge is 2.04. The smallest absolute Gasteiger partial charge is 0.126 e. The van der Waals surface area contributed by atoms with E-state index in [1.54, 1.807) is 19.1 Å². The summed E-state index contributed by atoms with van der Waals surface area (Å²) in [6.07, 6.45) is 0. The maximum absolute atomic E-state index is 13.4. The summed E-state index contributed by atoms with van der Waals surface area (Å²) < 4.78 is 26.3. The Morgan fingerprint density at radius 2 is 1.95 bits per heavy atom. The number of rotatable bonds is 3. The molecule has 1 N–H and O–H groups in total. The third-order valence-corrected chi connectivity index (χ3v) is 2.82. The van der Waals surface area contributed by atoms with Crippen molar-refractivity contribution >= 4 is 5.69 Å². The minimum atomic E-state index is -0.455. The maximum Gasteiger partial charge on any atom is 0.126 e. The number of nitrogens with zero attached hydrogens (tertiary/aromatic N) is 1. The molecule has 2 nitrogen and oxygen atoms in total. The first-order valence-electron chi connectivity index (χ1n) is 5.78. The Morgan fingerprint density at radius 3 is 2.63 bits per heavy atom. The summed E-state index contributed by atoms with van der Waals surface area (Å²) in [4.78, 5) is 0. The van der Waals surface area contributed by atoms with Crippen LogP contribution in [0.3, 0.4) is 0 Å². The summed E-state index contributed by atoms with van der Waals surface area (Å²) in [7, 11) is 0. The molecular weight excluding hydrogens is 246 g/mol. The number of hydrogen-bond donors (Lipinski definition) is 1. The lowest BCUT2D eigenvalue weighted by Crippen LogP contribution is -2.02. The van der Waals surface area contributed by atoms with Gasteiger partial charge in [-0.2, -0.15) is 5.26 Å². The van der Waals surface area contributed by atoms with Gasteiger partial charge in [0, 0.05) is 6.54 Å². The molecule has 0 heterocycles. The highest BCUT2D eigenvalue weighted by Crippen LogP contribution is 2.17. The van der Waals surface area contributed by atoms with E-state index in [2.05, 4.69) is 5.32 Å². The van der Waals surface area contributed by atoms with Gasteiger partial charge in [-0.1, -0.05) is 12.1 Å². The van der Waals surface area contributed by atoms with Crippen molar-refractivity contribution in [1.82, 2.24) is 0 Å². The lowest BCUT2D eigenvalue weighted by atomic mass is 10.1. The quantitative estimate of drug-likeness (QED) is 0.909. The third kappa shape index (κ3) is 3.08. The van der Waals surface area contributed by atoms with Crippen LogP contribution in [-0.2, 0) is 6.54 Å². The number of anilines is 1. The zero-order valence-corrected chi connectivity index (χ0v) is 10.4. The minimum absolute atomic E-state index is 0.229. The Hall–Kier alpha value is -2.41. The van der Waals surface area contributed by atoms with E-state index in [0.29, 0.717) is 17.8 Å². The van der Waals surface area contributed by atoms with E-state index in [1.807, 2.05) is 6.07 Å². The van der Waals surface area contributed by atoms with Crippen LogP contribution in [0.1, 0.15) is 16.7 Å². The van der Waals surface area contributed by atoms with E-state index < -0.39 is 5.82 Å². The Bertz CT molecular complexity index is 645. The van der Waals surface area contributed by atoms with E-state index in [-0.39, 0.29) is 11.4 Å². The van der Waals surface area contributed by atoms with Crippen LogP contribution < -0.4 is 5.32 Å². The molecule has 0 saturated heterocycles. The van der Waals surface area contributed by atoms with Crippen molar-refractivity contribution in [3.05, 3.63) is 64.7 Å². The Kier molecular flexibility index (Phi) is 3.76. The molecule has 96 valence electrons. The van der Waals surface area contributed by atoms with Crippen LogP contribution in [0.15, 0.2) is 36.4 Å². The summed E-state index contributed by atoms with van der Waals surface area (Å²) in [5.74, 6) is -0.720. The molecule has 0 atom stereocenters. The SMILES string of the molecule is Cc1ccc(CNc2ccc(F)cc2C#N)cc1F. The molecule has 2 rings (SSSR count). The molecule has 19 heavy (non-hydrogen) atoms. The first-order chi connectivity index (χ1) is 9.10. The van der Waals surface area contributed by atoms with E-state index in [0.717, 1.165) is 11.6 Å². The summed E-state index contributed by atoms with van der Waals surface area (Å²) in [5, 5.41) is 11.9. The van der Waals surface area contributed by atoms with Crippen molar-refractivity contribution in [2.45, 2.75) is 13.5 Å². The van der Waals surface area contributed by atoms with E-state index in [4.69, 9.17) is 5.26 Å². The highest BCUT2D eigenvalue weighted by molar-refractivity contribution is 5.57. The van der Waals surface area contributed by atoms with Gasteiger partial charge in [0.05, 0.1) is 11.3 Å². The zero-order valence-electron chi connectivity index (χ0n) is 10.4. The van der Waals surface area contributed by atoms with E-state index in [9.17, 15) is 8.78 Å². The molecule has 0 aromatic heterocycles. The van der Waals surface area contributed by atoms with Gasteiger partial charge in [-0.3, -0.25) is 0 Å². The number of hydrogen-bond acceptors (Lipinski definition) is 2. The van der Waals surface area contributed by atoms with E-state index in [1.165, 1.54) is 18.2 Å². The topological polar surface area (TPSA) is 35.8 Å². The fraction of sp³-hybridized carbons (Fsp3) is 0.133. The van der Waals surface area contributed by atoms with Gasteiger partial charge in [0.2, 0.25) is 0 Å². The molecule has 0 aliphatic rings. The van der Waals surface area contributed by atoms with Crippen LogP contribution in [-0.4, -0.2) is 0 Å². The summed E-state index contributed by atoms with van der Waals surface area (Å²) in [6.45, 7) is 2.07.